The summed E-state index contributed by atoms with van der Waals surface area (Å²) in [5.74, 6) is 0. The molecule has 0 fully saturated rings. The average Bonchev–Trinajstić information content (AvgIpc) is 2.92. The Balaban J connectivity index is 2.61. The number of hydrogen-bond donors (Lipinski definition) is 0. The molecule has 1 aromatic carbocycles. The second-order valence-corrected chi connectivity index (χ2v) is 15.4. The fourth-order valence-electron chi connectivity index (χ4n) is 2.40. The SMILES string of the molecule is CN(C)S(=O)(=O)n1cc(Cc2ccccc2)nc1[Si](C)(C)C(C)(C)C. The summed E-state index contributed by atoms with van der Waals surface area (Å²) in [6, 6.07) is 10.0. The zero-order valence-electron chi connectivity index (χ0n) is 16.2. The smallest absolute Gasteiger partial charge is 0.242 e. The Hall–Kier alpha value is -1.44. The van der Waals surface area contributed by atoms with Crippen LogP contribution < -0.4 is 5.45 Å². The van der Waals surface area contributed by atoms with Crippen LogP contribution in [0.4, 0.5) is 0 Å². The number of aromatic nitrogens is 2. The van der Waals surface area contributed by atoms with Gasteiger partial charge in [-0.3, -0.25) is 0 Å². The third kappa shape index (κ3) is 3.88. The number of hydrogen-bond acceptors (Lipinski definition) is 3. The summed E-state index contributed by atoms with van der Waals surface area (Å²) >= 11 is 0. The van der Waals surface area contributed by atoms with Gasteiger partial charge >= 0.3 is 10.2 Å². The third-order valence-corrected chi connectivity index (χ3v) is 12.2. The first-order valence-corrected chi connectivity index (χ1v) is 12.8. The van der Waals surface area contributed by atoms with Gasteiger partial charge in [-0.2, -0.15) is 12.7 Å². The zero-order valence-corrected chi connectivity index (χ0v) is 18.1. The van der Waals surface area contributed by atoms with E-state index in [1.54, 1.807) is 20.3 Å². The molecule has 0 radical (unpaired) electrons. The molecule has 0 aliphatic carbocycles. The molecule has 7 heteroatoms. The monoisotopic (exact) mass is 379 g/mol. The maximum absolute atomic E-state index is 12.9. The Morgan fingerprint density at radius 2 is 1.68 bits per heavy atom. The summed E-state index contributed by atoms with van der Waals surface area (Å²) in [4.78, 5) is 4.81. The first kappa shape index (κ1) is 19.9. The lowest BCUT2D eigenvalue weighted by atomic mass is 10.1. The van der Waals surface area contributed by atoms with Crippen molar-refractivity contribution in [2.75, 3.05) is 14.1 Å². The maximum atomic E-state index is 12.9. The van der Waals surface area contributed by atoms with Crippen molar-refractivity contribution < 1.29 is 8.42 Å². The van der Waals surface area contributed by atoms with Gasteiger partial charge in [0.25, 0.3) is 0 Å². The van der Waals surface area contributed by atoms with Crippen molar-refractivity contribution >= 4 is 23.7 Å². The molecule has 0 aliphatic heterocycles. The summed E-state index contributed by atoms with van der Waals surface area (Å²) in [7, 11) is -2.62. The van der Waals surface area contributed by atoms with Crippen molar-refractivity contribution in [2.45, 2.75) is 45.3 Å². The van der Waals surface area contributed by atoms with Crippen molar-refractivity contribution in [1.29, 1.82) is 0 Å². The molecule has 1 aromatic heterocycles. The highest BCUT2D eigenvalue weighted by molar-refractivity contribution is 7.87. The van der Waals surface area contributed by atoms with E-state index in [4.69, 9.17) is 4.98 Å². The normalized spacial score (nSPS) is 13.4. The van der Waals surface area contributed by atoms with Crippen LogP contribution in [0.3, 0.4) is 0 Å². The standard InChI is InChI=1S/C18H29N3O2SSi/c1-18(2,3)25(6,7)17-19-16(13-15-11-9-8-10-12-15)14-21(17)24(22,23)20(4)5/h8-12,14H,13H2,1-7H3. The predicted molar refractivity (Wildman–Crippen MR) is 106 cm³/mol. The van der Waals surface area contributed by atoms with Crippen molar-refractivity contribution in [2.24, 2.45) is 0 Å². The Kier molecular flexibility index (Phi) is 5.33. The first-order valence-electron chi connectivity index (χ1n) is 8.43. The number of nitrogens with zero attached hydrogens (tertiary/aromatic N) is 3. The largest absolute Gasteiger partial charge is 0.308 e. The van der Waals surface area contributed by atoms with Gasteiger partial charge in [0.2, 0.25) is 0 Å². The fraction of sp³-hybridized carbons (Fsp3) is 0.500. The van der Waals surface area contributed by atoms with Crippen LogP contribution in [-0.2, 0) is 16.6 Å². The lowest BCUT2D eigenvalue weighted by molar-refractivity contribution is 0.511. The molecule has 25 heavy (non-hydrogen) atoms. The molecule has 0 saturated carbocycles. The molecule has 0 unspecified atom stereocenters. The summed E-state index contributed by atoms with van der Waals surface area (Å²) in [6.07, 6.45) is 2.32. The Labute approximate surface area is 152 Å². The van der Waals surface area contributed by atoms with Gasteiger partial charge in [-0.15, -0.1) is 0 Å². The molecule has 1 heterocycles. The zero-order chi connectivity index (χ0) is 19.0. The van der Waals surface area contributed by atoms with Crippen molar-refractivity contribution in [3.05, 3.63) is 47.8 Å². The van der Waals surface area contributed by atoms with Crippen molar-refractivity contribution in [1.82, 2.24) is 13.3 Å². The van der Waals surface area contributed by atoms with Gasteiger partial charge in [0.05, 0.1) is 5.69 Å². The molecular formula is C18H29N3O2SSi. The minimum Gasteiger partial charge on any atom is -0.242 e. The van der Waals surface area contributed by atoms with Gasteiger partial charge in [-0.1, -0.05) is 64.2 Å². The third-order valence-electron chi connectivity index (χ3n) is 5.10. The van der Waals surface area contributed by atoms with Crippen LogP contribution in [-0.4, -0.2) is 43.8 Å². The van der Waals surface area contributed by atoms with Gasteiger partial charge < -0.3 is 0 Å². The van der Waals surface area contributed by atoms with Gasteiger partial charge in [-0.05, 0) is 10.6 Å². The molecule has 0 spiro atoms. The van der Waals surface area contributed by atoms with Crippen molar-refractivity contribution in [3.63, 3.8) is 0 Å². The number of rotatable bonds is 5. The van der Waals surface area contributed by atoms with Crippen LogP contribution in [0, 0.1) is 0 Å². The lowest BCUT2D eigenvalue weighted by Crippen LogP contribution is -2.56. The van der Waals surface area contributed by atoms with Gasteiger partial charge in [-0.25, -0.2) is 8.96 Å². The van der Waals surface area contributed by atoms with Crippen LogP contribution in [0.5, 0.6) is 0 Å². The quantitative estimate of drug-likeness (QED) is 0.751. The molecule has 0 saturated heterocycles. The van der Waals surface area contributed by atoms with Gasteiger partial charge in [0.15, 0.2) is 0 Å². The van der Waals surface area contributed by atoms with Gasteiger partial charge in [0, 0.05) is 26.7 Å². The van der Waals surface area contributed by atoms with E-state index in [1.807, 2.05) is 30.3 Å². The summed E-state index contributed by atoms with van der Waals surface area (Å²) in [5.41, 5.74) is 2.62. The van der Waals surface area contributed by atoms with E-state index in [1.165, 1.54) is 8.28 Å². The van der Waals surface area contributed by atoms with Crippen LogP contribution in [0.2, 0.25) is 18.1 Å². The summed E-state index contributed by atoms with van der Waals surface area (Å²) in [6.45, 7) is 10.9. The van der Waals surface area contributed by atoms with E-state index in [0.717, 1.165) is 11.3 Å². The molecule has 5 nitrogen and oxygen atoms in total. The molecule has 2 rings (SSSR count). The summed E-state index contributed by atoms with van der Waals surface area (Å²) in [5, 5.41) is -0.0120. The molecule has 0 bridgehead atoms. The first-order chi connectivity index (χ1) is 11.4. The van der Waals surface area contributed by atoms with Crippen LogP contribution in [0.15, 0.2) is 36.5 Å². The highest BCUT2D eigenvalue weighted by Gasteiger charge is 2.43. The van der Waals surface area contributed by atoms with Crippen LogP contribution in [0.25, 0.3) is 0 Å². The molecule has 2 aromatic rings. The van der Waals surface area contributed by atoms with E-state index >= 15 is 0 Å². The molecule has 0 N–H and O–H groups in total. The molecule has 0 amide bonds. The Bertz CT molecular complexity index is 835. The molecule has 138 valence electrons. The molecule has 0 atom stereocenters. The Morgan fingerprint density at radius 1 is 1.12 bits per heavy atom. The van der Waals surface area contributed by atoms with E-state index in [9.17, 15) is 8.42 Å². The lowest BCUT2D eigenvalue weighted by Gasteiger charge is -2.36. The topological polar surface area (TPSA) is 55.2 Å². The van der Waals surface area contributed by atoms with E-state index in [-0.39, 0.29) is 5.04 Å². The average molecular weight is 380 g/mol. The second kappa shape index (κ2) is 6.70. The number of benzene rings is 1. The van der Waals surface area contributed by atoms with E-state index in [0.29, 0.717) is 11.9 Å². The fourth-order valence-corrected chi connectivity index (χ4v) is 6.01. The summed E-state index contributed by atoms with van der Waals surface area (Å²) < 4.78 is 28.4. The molecular weight excluding hydrogens is 350 g/mol. The van der Waals surface area contributed by atoms with E-state index in [2.05, 4.69) is 33.9 Å². The Morgan fingerprint density at radius 3 is 2.16 bits per heavy atom. The van der Waals surface area contributed by atoms with Crippen LogP contribution >= 0.6 is 0 Å². The second-order valence-electron chi connectivity index (χ2n) is 8.18. The maximum Gasteiger partial charge on any atom is 0.308 e. The predicted octanol–water partition coefficient (Wildman–Crippen LogP) is 2.84. The minimum absolute atomic E-state index is 0.0120. The highest BCUT2D eigenvalue weighted by Crippen LogP contribution is 2.35. The number of imidazole rings is 1. The van der Waals surface area contributed by atoms with Crippen LogP contribution in [0.1, 0.15) is 32.0 Å². The highest BCUT2D eigenvalue weighted by atomic mass is 32.2. The van der Waals surface area contributed by atoms with E-state index < -0.39 is 18.3 Å². The molecule has 0 aliphatic rings. The van der Waals surface area contributed by atoms with Crippen molar-refractivity contribution in [3.8, 4) is 0 Å². The van der Waals surface area contributed by atoms with Gasteiger partial charge in [0.1, 0.15) is 13.5 Å². The minimum atomic E-state index is -3.60.